The van der Waals surface area contributed by atoms with Crippen molar-refractivity contribution in [1.29, 1.82) is 0 Å². The number of carboxylic acids is 1. The maximum Gasteiger partial charge on any atom is 0.307 e. The Hall–Kier alpha value is -2.03. The van der Waals surface area contributed by atoms with E-state index in [1.54, 1.807) is 30.3 Å². The second-order valence-corrected chi connectivity index (χ2v) is 3.39. The minimum atomic E-state index is -0.851. The molecule has 3 heteroatoms. The smallest absolute Gasteiger partial charge is 0.307 e. The lowest BCUT2D eigenvalue weighted by molar-refractivity contribution is -0.136. The number of aromatic hydroxyl groups is 1. The van der Waals surface area contributed by atoms with Gasteiger partial charge >= 0.3 is 5.97 Å². The van der Waals surface area contributed by atoms with Crippen molar-refractivity contribution < 1.29 is 15.0 Å². The average Bonchev–Trinajstić information content (AvgIpc) is 2.16. The molecular weight excluding hydrogens is 192 g/mol. The molecule has 0 amide bonds. The minimum absolute atomic E-state index is 0.00210. The second-order valence-electron chi connectivity index (χ2n) is 3.39. The Balaban J connectivity index is 2.60. The van der Waals surface area contributed by atoms with Gasteiger partial charge in [0.1, 0.15) is 5.75 Å². The van der Waals surface area contributed by atoms with Crippen LogP contribution in [-0.4, -0.2) is 16.2 Å². The largest absolute Gasteiger partial charge is 0.508 e. The SMILES string of the molecule is O=C(O)Cc1cccc2cc(O)ccc12. The van der Waals surface area contributed by atoms with Crippen molar-refractivity contribution in [3.63, 3.8) is 0 Å². The molecule has 0 saturated carbocycles. The predicted molar refractivity (Wildman–Crippen MR) is 57.0 cm³/mol. The lowest BCUT2D eigenvalue weighted by Gasteiger charge is -2.04. The van der Waals surface area contributed by atoms with Crippen LogP contribution in [-0.2, 0) is 11.2 Å². The van der Waals surface area contributed by atoms with Crippen molar-refractivity contribution in [3.05, 3.63) is 42.0 Å². The van der Waals surface area contributed by atoms with Crippen LogP contribution < -0.4 is 0 Å². The van der Waals surface area contributed by atoms with E-state index in [2.05, 4.69) is 0 Å². The molecule has 0 bridgehead atoms. The zero-order valence-corrected chi connectivity index (χ0v) is 7.97. The molecule has 2 N–H and O–H groups in total. The standard InChI is InChI=1S/C12H10O3/c13-10-4-5-11-8(6-10)2-1-3-9(11)7-12(14)15/h1-6,13H,7H2,(H,14,15). The Morgan fingerprint density at radius 1 is 1.20 bits per heavy atom. The highest BCUT2D eigenvalue weighted by Gasteiger charge is 2.05. The van der Waals surface area contributed by atoms with Gasteiger partial charge in [0, 0.05) is 0 Å². The molecule has 3 nitrogen and oxygen atoms in total. The first-order valence-corrected chi connectivity index (χ1v) is 4.59. The number of carboxylic acid groups (broad SMARTS) is 1. The van der Waals surface area contributed by atoms with Gasteiger partial charge in [0.2, 0.25) is 0 Å². The van der Waals surface area contributed by atoms with Gasteiger partial charge in [0.15, 0.2) is 0 Å². The van der Waals surface area contributed by atoms with Crippen LogP contribution in [0.2, 0.25) is 0 Å². The number of carbonyl (C=O) groups is 1. The van der Waals surface area contributed by atoms with E-state index in [1.807, 2.05) is 6.07 Å². The molecule has 76 valence electrons. The van der Waals surface area contributed by atoms with Crippen molar-refractivity contribution in [2.24, 2.45) is 0 Å². The summed E-state index contributed by atoms with van der Waals surface area (Å²) in [5.41, 5.74) is 0.764. The van der Waals surface area contributed by atoms with Gasteiger partial charge in [0.25, 0.3) is 0 Å². The van der Waals surface area contributed by atoms with Crippen LogP contribution in [0.3, 0.4) is 0 Å². The van der Waals surface area contributed by atoms with Crippen molar-refractivity contribution in [3.8, 4) is 5.75 Å². The molecule has 0 aromatic heterocycles. The summed E-state index contributed by atoms with van der Waals surface area (Å²) in [6.45, 7) is 0. The fourth-order valence-electron chi connectivity index (χ4n) is 1.66. The molecule has 2 aromatic carbocycles. The van der Waals surface area contributed by atoms with Crippen LogP contribution in [0.5, 0.6) is 5.75 Å². The Labute approximate surface area is 86.6 Å². The van der Waals surface area contributed by atoms with Gasteiger partial charge in [-0.2, -0.15) is 0 Å². The minimum Gasteiger partial charge on any atom is -0.508 e. The van der Waals surface area contributed by atoms with Crippen molar-refractivity contribution in [2.45, 2.75) is 6.42 Å². The van der Waals surface area contributed by atoms with E-state index in [1.165, 1.54) is 0 Å². The fraction of sp³-hybridized carbons (Fsp3) is 0.0833. The van der Waals surface area contributed by atoms with Crippen molar-refractivity contribution in [1.82, 2.24) is 0 Å². The third-order valence-electron chi connectivity index (χ3n) is 2.30. The van der Waals surface area contributed by atoms with Crippen LogP contribution in [0.25, 0.3) is 10.8 Å². The van der Waals surface area contributed by atoms with Crippen molar-refractivity contribution >= 4 is 16.7 Å². The molecule has 2 rings (SSSR count). The first-order chi connectivity index (χ1) is 7.16. The Morgan fingerprint density at radius 3 is 2.73 bits per heavy atom. The number of fused-ring (bicyclic) bond motifs is 1. The van der Waals surface area contributed by atoms with E-state index >= 15 is 0 Å². The molecule has 0 aliphatic heterocycles. The number of aliphatic carboxylic acids is 1. The molecule has 2 aromatic rings. The maximum absolute atomic E-state index is 10.6. The van der Waals surface area contributed by atoms with Gasteiger partial charge in [-0.15, -0.1) is 0 Å². The van der Waals surface area contributed by atoms with Gasteiger partial charge in [0.05, 0.1) is 6.42 Å². The highest BCUT2D eigenvalue weighted by Crippen LogP contribution is 2.23. The second kappa shape index (κ2) is 3.61. The summed E-state index contributed by atoms with van der Waals surface area (Å²) in [7, 11) is 0. The fourth-order valence-corrected chi connectivity index (χ4v) is 1.66. The molecule has 0 radical (unpaired) electrons. The number of hydrogen-bond donors (Lipinski definition) is 2. The summed E-state index contributed by atoms with van der Waals surface area (Å²) in [5.74, 6) is -0.662. The van der Waals surface area contributed by atoms with E-state index < -0.39 is 5.97 Å². The number of benzene rings is 2. The third-order valence-corrected chi connectivity index (χ3v) is 2.30. The topological polar surface area (TPSA) is 57.5 Å². The predicted octanol–water partition coefficient (Wildman–Crippen LogP) is 2.17. The van der Waals surface area contributed by atoms with Crippen molar-refractivity contribution in [2.75, 3.05) is 0 Å². The number of phenols is 1. The summed E-state index contributed by atoms with van der Waals surface area (Å²) in [4.78, 5) is 10.6. The van der Waals surface area contributed by atoms with Gasteiger partial charge < -0.3 is 10.2 Å². The summed E-state index contributed by atoms with van der Waals surface area (Å²) in [6, 6.07) is 10.4. The van der Waals surface area contributed by atoms with Crippen LogP contribution in [0.1, 0.15) is 5.56 Å². The quantitative estimate of drug-likeness (QED) is 0.784. The van der Waals surface area contributed by atoms with Crippen LogP contribution >= 0.6 is 0 Å². The summed E-state index contributed by atoms with van der Waals surface area (Å²) >= 11 is 0. The number of phenolic OH excluding ortho intramolecular Hbond substituents is 1. The average molecular weight is 202 g/mol. The zero-order chi connectivity index (χ0) is 10.8. The van der Waals surface area contributed by atoms with E-state index in [0.717, 1.165) is 16.3 Å². The molecular formula is C12H10O3. The first-order valence-electron chi connectivity index (χ1n) is 4.59. The third kappa shape index (κ3) is 1.91. The number of rotatable bonds is 2. The summed E-state index contributed by atoms with van der Waals surface area (Å²) in [5, 5.41) is 19.7. The van der Waals surface area contributed by atoms with E-state index in [-0.39, 0.29) is 12.2 Å². The van der Waals surface area contributed by atoms with Crippen LogP contribution in [0, 0.1) is 0 Å². The maximum atomic E-state index is 10.6. The van der Waals surface area contributed by atoms with Gasteiger partial charge in [-0.1, -0.05) is 24.3 Å². The van der Waals surface area contributed by atoms with Gasteiger partial charge in [-0.3, -0.25) is 4.79 Å². The Bertz CT molecular complexity index is 517. The molecule has 0 aliphatic rings. The van der Waals surface area contributed by atoms with Crippen LogP contribution in [0.15, 0.2) is 36.4 Å². The molecule has 0 aliphatic carbocycles. The molecule has 0 unspecified atom stereocenters. The van der Waals surface area contributed by atoms with E-state index in [4.69, 9.17) is 5.11 Å². The highest BCUT2D eigenvalue weighted by molar-refractivity contribution is 5.89. The lowest BCUT2D eigenvalue weighted by Crippen LogP contribution is -2.00. The van der Waals surface area contributed by atoms with Crippen LogP contribution in [0.4, 0.5) is 0 Å². The van der Waals surface area contributed by atoms with Gasteiger partial charge in [-0.05, 0) is 28.5 Å². The summed E-state index contributed by atoms with van der Waals surface area (Å²) in [6.07, 6.45) is 0.00210. The lowest BCUT2D eigenvalue weighted by atomic mass is 10.0. The number of hydrogen-bond acceptors (Lipinski definition) is 2. The molecule has 0 fully saturated rings. The zero-order valence-electron chi connectivity index (χ0n) is 7.97. The molecule has 15 heavy (non-hydrogen) atoms. The molecule has 0 atom stereocenters. The molecule has 0 spiro atoms. The summed E-state index contributed by atoms with van der Waals surface area (Å²) < 4.78 is 0. The van der Waals surface area contributed by atoms with E-state index in [9.17, 15) is 9.90 Å². The normalized spacial score (nSPS) is 10.4. The van der Waals surface area contributed by atoms with E-state index in [0.29, 0.717) is 0 Å². The monoisotopic (exact) mass is 202 g/mol. The Morgan fingerprint density at radius 2 is 2.00 bits per heavy atom. The molecule has 0 saturated heterocycles. The highest BCUT2D eigenvalue weighted by atomic mass is 16.4. The van der Waals surface area contributed by atoms with Gasteiger partial charge in [-0.25, -0.2) is 0 Å². The Kier molecular flexibility index (Phi) is 2.29. The molecule has 0 heterocycles. The first kappa shape index (κ1) is 9.52.